The minimum atomic E-state index is -0.875. The molecule has 0 saturated heterocycles. The summed E-state index contributed by atoms with van der Waals surface area (Å²) in [6.45, 7) is 0.276. The van der Waals surface area contributed by atoms with Crippen molar-refractivity contribution in [1.29, 1.82) is 0 Å². The van der Waals surface area contributed by atoms with Crippen LogP contribution in [0.1, 0.15) is 0 Å². The molecular formula is C10H11F2NO3. The van der Waals surface area contributed by atoms with Gasteiger partial charge in [-0.15, -0.1) is 0 Å². The van der Waals surface area contributed by atoms with Gasteiger partial charge in [-0.05, 0) is 0 Å². The quantitative estimate of drug-likeness (QED) is 0.597. The van der Waals surface area contributed by atoms with E-state index in [2.05, 4.69) is 10.1 Å². The van der Waals surface area contributed by atoms with Crippen LogP contribution < -0.4 is 10.1 Å². The first-order valence-electron chi connectivity index (χ1n) is 4.50. The Morgan fingerprint density at radius 2 is 1.94 bits per heavy atom. The van der Waals surface area contributed by atoms with E-state index in [1.54, 1.807) is 0 Å². The van der Waals surface area contributed by atoms with Gasteiger partial charge in [0, 0.05) is 24.9 Å². The van der Waals surface area contributed by atoms with E-state index < -0.39 is 17.4 Å². The Balaban J connectivity index is 2.80. The predicted octanol–water partition coefficient (Wildman–Crippen LogP) is 1.56. The van der Waals surface area contributed by atoms with Gasteiger partial charge in [0.05, 0.1) is 6.61 Å². The molecule has 88 valence electrons. The van der Waals surface area contributed by atoms with E-state index in [9.17, 15) is 13.6 Å². The molecule has 0 aromatic heterocycles. The van der Waals surface area contributed by atoms with Crippen molar-refractivity contribution in [1.82, 2.24) is 0 Å². The number of anilines is 1. The fraction of sp³-hybridized carbons (Fsp3) is 0.300. The van der Waals surface area contributed by atoms with Crippen molar-refractivity contribution in [2.45, 2.75) is 0 Å². The van der Waals surface area contributed by atoms with Crippen LogP contribution in [0.15, 0.2) is 12.1 Å². The van der Waals surface area contributed by atoms with Crippen molar-refractivity contribution in [3.63, 3.8) is 0 Å². The van der Waals surface area contributed by atoms with Crippen LogP contribution in [-0.2, 0) is 9.53 Å². The second-order valence-electron chi connectivity index (χ2n) is 2.87. The highest BCUT2D eigenvalue weighted by Gasteiger charge is 2.12. The van der Waals surface area contributed by atoms with Crippen LogP contribution in [0.2, 0.25) is 0 Å². The summed E-state index contributed by atoms with van der Waals surface area (Å²) < 4.78 is 36.1. The highest BCUT2D eigenvalue weighted by Crippen LogP contribution is 2.25. The number of nitrogens with one attached hydrogen (secondary N) is 1. The molecule has 0 fully saturated rings. The van der Waals surface area contributed by atoms with Gasteiger partial charge in [0.15, 0.2) is 17.4 Å². The van der Waals surface area contributed by atoms with Crippen molar-refractivity contribution in [2.75, 3.05) is 25.6 Å². The minimum absolute atomic E-state index is 0.0316. The van der Waals surface area contributed by atoms with E-state index in [1.165, 1.54) is 7.11 Å². The number of carbonyl (C=O) groups excluding carboxylic acids is 1. The Kier molecular flexibility index (Phi) is 4.65. The second-order valence-corrected chi connectivity index (χ2v) is 2.87. The Morgan fingerprint density at radius 1 is 1.31 bits per heavy atom. The maximum absolute atomic E-state index is 13.3. The Morgan fingerprint density at radius 3 is 2.44 bits per heavy atom. The number of hydrogen-bond donors (Lipinski definition) is 1. The first-order valence-corrected chi connectivity index (χ1v) is 4.50. The number of ether oxygens (including phenoxy) is 2. The summed E-state index contributed by atoms with van der Waals surface area (Å²) in [5.74, 6) is -2.23. The molecule has 1 rings (SSSR count). The topological polar surface area (TPSA) is 47.6 Å². The third-order valence-corrected chi connectivity index (χ3v) is 1.76. The van der Waals surface area contributed by atoms with Crippen LogP contribution in [0.5, 0.6) is 5.75 Å². The fourth-order valence-corrected chi connectivity index (χ4v) is 1.08. The van der Waals surface area contributed by atoms with Gasteiger partial charge in [-0.1, -0.05) is 0 Å². The highest BCUT2D eigenvalue weighted by molar-refractivity contribution is 5.71. The smallest absolute Gasteiger partial charge is 0.211 e. The molecule has 1 N–H and O–H groups in total. The number of rotatable bonds is 6. The van der Waals surface area contributed by atoms with Crippen molar-refractivity contribution in [3.05, 3.63) is 23.8 Å². The summed E-state index contributed by atoms with van der Waals surface area (Å²) in [4.78, 5) is 10.1. The zero-order chi connectivity index (χ0) is 12.0. The zero-order valence-corrected chi connectivity index (χ0v) is 8.63. The first-order chi connectivity index (χ1) is 7.69. The molecule has 6 heteroatoms. The fourth-order valence-electron chi connectivity index (χ4n) is 1.08. The van der Waals surface area contributed by atoms with Crippen LogP contribution in [0, 0.1) is 11.6 Å². The molecule has 0 unspecified atom stereocenters. The molecule has 0 heterocycles. The standard InChI is InChI=1S/C10H11F2NO3/c1-15-2-3-16-10-8(11)4-7(13-6-14)5-9(10)12/h4-6H,2-3H2,1H3,(H,13,14). The molecule has 0 aliphatic rings. The molecule has 0 aliphatic carbocycles. The summed E-state index contributed by atoms with van der Waals surface area (Å²) in [6, 6.07) is 1.94. The molecule has 0 atom stereocenters. The lowest BCUT2D eigenvalue weighted by molar-refractivity contribution is -0.105. The Labute approximate surface area is 91.2 Å². The van der Waals surface area contributed by atoms with Crippen molar-refractivity contribution >= 4 is 12.1 Å². The number of benzene rings is 1. The molecule has 0 spiro atoms. The van der Waals surface area contributed by atoms with Gasteiger partial charge in [-0.2, -0.15) is 0 Å². The summed E-state index contributed by atoms with van der Waals surface area (Å²) in [5, 5.41) is 2.14. The molecule has 0 aliphatic heterocycles. The van der Waals surface area contributed by atoms with Gasteiger partial charge in [0.1, 0.15) is 6.61 Å². The molecule has 16 heavy (non-hydrogen) atoms. The first kappa shape index (κ1) is 12.4. The van der Waals surface area contributed by atoms with E-state index in [0.717, 1.165) is 12.1 Å². The lowest BCUT2D eigenvalue weighted by atomic mass is 10.2. The van der Waals surface area contributed by atoms with E-state index in [1.807, 2.05) is 0 Å². The van der Waals surface area contributed by atoms with Gasteiger partial charge in [-0.25, -0.2) is 8.78 Å². The second kappa shape index (κ2) is 6.02. The molecule has 0 saturated carbocycles. The van der Waals surface area contributed by atoms with E-state index in [-0.39, 0.29) is 18.9 Å². The average molecular weight is 231 g/mol. The number of hydrogen-bond acceptors (Lipinski definition) is 3. The van der Waals surface area contributed by atoms with Crippen LogP contribution in [0.4, 0.5) is 14.5 Å². The van der Waals surface area contributed by atoms with E-state index in [0.29, 0.717) is 6.41 Å². The van der Waals surface area contributed by atoms with Crippen LogP contribution >= 0.6 is 0 Å². The normalized spacial score (nSPS) is 9.94. The summed E-state index contributed by atoms with van der Waals surface area (Å²) in [6.07, 6.45) is 0.333. The van der Waals surface area contributed by atoms with Crippen molar-refractivity contribution < 1.29 is 23.0 Å². The number of methoxy groups -OCH3 is 1. The largest absolute Gasteiger partial charge is 0.485 e. The minimum Gasteiger partial charge on any atom is -0.485 e. The maximum atomic E-state index is 13.3. The Bertz CT molecular complexity index is 348. The zero-order valence-electron chi connectivity index (χ0n) is 8.63. The van der Waals surface area contributed by atoms with Gasteiger partial charge in [-0.3, -0.25) is 4.79 Å². The number of halogens is 2. The van der Waals surface area contributed by atoms with Crippen LogP contribution in [0.3, 0.4) is 0 Å². The maximum Gasteiger partial charge on any atom is 0.211 e. The summed E-state index contributed by atoms with van der Waals surface area (Å²) in [5.41, 5.74) is 0.0316. The van der Waals surface area contributed by atoms with Gasteiger partial charge in [0.25, 0.3) is 0 Å². The van der Waals surface area contributed by atoms with Crippen molar-refractivity contribution in [2.24, 2.45) is 0 Å². The molecule has 4 nitrogen and oxygen atoms in total. The highest BCUT2D eigenvalue weighted by atomic mass is 19.1. The predicted molar refractivity (Wildman–Crippen MR) is 53.4 cm³/mol. The monoisotopic (exact) mass is 231 g/mol. The number of carbonyl (C=O) groups is 1. The molecule has 1 aromatic carbocycles. The van der Waals surface area contributed by atoms with E-state index in [4.69, 9.17) is 4.74 Å². The SMILES string of the molecule is COCCOc1c(F)cc(NC=O)cc1F. The van der Waals surface area contributed by atoms with Gasteiger partial charge in [0.2, 0.25) is 6.41 Å². The molecule has 0 radical (unpaired) electrons. The number of amides is 1. The molecular weight excluding hydrogens is 220 g/mol. The third-order valence-electron chi connectivity index (χ3n) is 1.76. The Hall–Kier alpha value is -1.69. The summed E-state index contributed by atoms with van der Waals surface area (Å²) in [7, 11) is 1.45. The van der Waals surface area contributed by atoms with E-state index >= 15 is 0 Å². The molecule has 0 bridgehead atoms. The van der Waals surface area contributed by atoms with Gasteiger partial charge < -0.3 is 14.8 Å². The van der Waals surface area contributed by atoms with Crippen LogP contribution in [0.25, 0.3) is 0 Å². The lowest BCUT2D eigenvalue weighted by Crippen LogP contribution is -2.07. The average Bonchev–Trinajstić information content (AvgIpc) is 2.23. The molecule has 1 aromatic rings. The molecule has 1 amide bonds. The lowest BCUT2D eigenvalue weighted by Gasteiger charge is -2.09. The summed E-state index contributed by atoms with van der Waals surface area (Å²) >= 11 is 0. The third kappa shape index (κ3) is 3.16. The van der Waals surface area contributed by atoms with Crippen LogP contribution in [-0.4, -0.2) is 26.7 Å². The van der Waals surface area contributed by atoms with Gasteiger partial charge >= 0.3 is 0 Å². The van der Waals surface area contributed by atoms with Crippen molar-refractivity contribution in [3.8, 4) is 5.75 Å².